The number of aliphatic imine (C=N–C) groups is 1. The molecule has 0 spiro atoms. The van der Waals surface area contributed by atoms with Crippen LogP contribution in [0.4, 0.5) is 4.39 Å². The van der Waals surface area contributed by atoms with Gasteiger partial charge in [0.1, 0.15) is 17.4 Å². The number of hydrogen-bond donors (Lipinski definition) is 2. The van der Waals surface area contributed by atoms with Gasteiger partial charge in [0.25, 0.3) is 5.91 Å². The molecule has 0 aliphatic carbocycles. The number of hydrogen-bond acceptors (Lipinski definition) is 3. The average molecular weight is 404 g/mol. The van der Waals surface area contributed by atoms with Crippen LogP contribution >= 0.6 is 11.6 Å². The van der Waals surface area contributed by atoms with Crippen LogP contribution in [-0.2, 0) is 6.54 Å². The van der Waals surface area contributed by atoms with E-state index in [2.05, 4.69) is 24.2 Å². The Hall–Kier alpha value is -2.86. The highest BCUT2D eigenvalue weighted by atomic mass is 35.5. The van der Waals surface area contributed by atoms with Gasteiger partial charge in [0, 0.05) is 23.3 Å². The van der Waals surface area contributed by atoms with Gasteiger partial charge < -0.3 is 15.8 Å². The SMILES string of the molecule is CC(C)COc1ccc(Cl)cc1CN/C=C\C(N)=NC(=O)c1ccccc1F. The first kappa shape index (κ1) is 21.4. The number of rotatable bonds is 8. The zero-order chi connectivity index (χ0) is 20.5. The maximum atomic E-state index is 13.6. The Labute approximate surface area is 169 Å². The molecule has 7 heteroatoms. The van der Waals surface area contributed by atoms with Crippen LogP contribution < -0.4 is 15.8 Å². The normalized spacial score (nSPS) is 11.8. The summed E-state index contributed by atoms with van der Waals surface area (Å²) in [6, 6.07) is 11.0. The lowest BCUT2D eigenvalue weighted by atomic mass is 10.2. The Morgan fingerprint density at radius 3 is 2.79 bits per heavy atom. The van der Waals surface area contributed by atoms with Crippen LogP contribution in [0, 0.1) is 11.7 Å². The van der Waals surface area contributed by atoms with Crippen molar-refractivity contribution in [3.63, 3.8) is 0 Å². The first-order valence-electron chi connectivity index (χ1n) is 8.81. The van der Waals surface area contributed by atoms with Crippen LogP contribution in [0.3, 0.4) is 0 Å². The minimum Gasteiger partial charge on any atom is -0.493 e. The molecule has 0 aliphatic rings. The highest BCUT2D eigenvalue weighted by molar-refractivity contribution is 6.30. The van der Waals surface area contributed by atoms with Gasteiger partial charge in [-0.05, 0) is 42.3 Å². The number of nitrogens with one attached hydrogen (secondary N) is 1. The van der Waals surface area contributed by atoms with Crippen molar-refractivity contribution in [3.05, 3.63) is 76.7 Å². The van der Waals surface area contributed by atoms with E-state index in [-0.39, 0.29) is 11.4 Å². The highest BCUT2D eigenvalue weighted by Gasteiger charge is 2.09. The van der Waals surface area contributed by atoms with Gasteiger partial charge in [-0.25, -0.2) is 4.39 Å². The molecule has 0 aromatic heterocycles. The molecular weight excluding hydrogens is 381 g/mol. The number of carbonyl (C=O) groups excluding carboxylic acids is 1. The summed E-state index contributed by atoms with van der Waals surface area (Å²) in [7, 11) is 0. The second-order valence-electron chi connectivity index (χ2n) is 6.49. The number of halogens is 2. The Kier molecular flexibility index (Phi) is 8.02. The molecule has 0 heterocycles. The summed E-state index contributed by atoms with van der Waals surface area (Å²) in [5.74, 6) is -0.265. The Morgan fingerprint density at radius 2 is 2.07 bits per heavy atom. The molecule has 1 amide bonds. The predicted octanol–water partition coefficient (Wildman–Crippen LogP) is 4.31. The fraction of sp³-hybridized carbons (Fsp3) is 0.238. The summed E-state index contributed by atoms with van der Waals surface area (Å²) >= 11 is 6.06. The van der Waals surface area contributed by atoms with E-state index in [1.165, 1.54) is 24.3 Å². The van der Waals surface area contributed by atoms with Crippen molar-refractivity contribution >= 4 is 23.3 Å². The smallest absolute Gasteiger partial charge is 0.281 e. The summed E-state index contributed by atoms with van der Waals surface area (Å²) in [5, 5.41) is 3.65. The van der Waals surface area contributed by atoms with E-state index < -0.39 is 11.7 Å². The summed E-state index contributed by atoms with van der Waals surface area (Å²) in [4.78, 5) is 15.6. The lowest BCUT2D eigenvalue weighted by Gasteiger charge is -2.13. The van der Waals surface area contributed by atoms with E-state index >= 15 is 0 Å². The summed E-state index contributed by atoms with van der Waals surface area (Å²) in [6.45, 7) is 5.18. The van der Waals surface area contributed by atoms with Crippen molar-refractivity contribution in [1.82, 2.24) is 5.32 Å². The highest BCUT2D eigenvalue weighted by Crippen LogP contribution is 2.23. The molecule has 0 saturated carbocycles. The van der Waals surface area contributed by atoms with Gasteiger partial charge in [-0.2, -0.15) is 4.99 Å². The maximum Gasteiger partial charge on any atom is 0.281 e. The molecule has 5 nitrogen and oxygen atoms in total. The maximum absolute atomic E-state index is 13.6. The largest absolute Gasteiger partial charge is 0.493 e. The molecule has 28 heavy (non-hydrogen) atoms. The molecule has 2 aromatic rings. The van der Waals surface area contributed by atoms with Crippen LogP contribution in [0.1, 0.15) is 29.8 Å². The van der Waals surface area contributed by atoms with E-state index in [9.17, 15) is 9.18 Å². The van der Waals surface area contributed by atoms with E-state index in [1.54, 1.807) is 18.3 Å². The number of carbonyl (C=O) groups is 1. The standard InChI is InChI=1S/C21H23ClFN3O2/c1-14(2)13-28-19-8-7-16(22)11-15(19)12-25-10-9-20(24)26-21(27)17-5-3-4-6-18(17)23/h3-11,14,25H,12-13H2,1-2H3,(H2,24,26,27)/b10-9-. The van der Waals surface area contributed by atoms with E-state index in [0.29, 0.717) is 24.1 Å². The van der Waals surface area contributed by atoms with Crippen LogP contribution in [0.5, 0.6) is 5.75 Å². The monoisotopic (exact) mass is 403 g/mol. The van der Waals surface area contributed by atoms with Gasteiger partial charge >= 0.3 is 0 Å². The molecular formula is C21H23ClFN3O2. The zero-order valence-electron chi connectivity index (χ0n) is 15.8. The molecule has 148 valence electrons. The van der Waals surface area contributed by atoms with Gasteiger partial charge in [0.05, 0.1) is 12.2 Å². The van der Waals surface area contributed by atoms with Gasteiger partial charge in [-0.15, -0.1) is 0 Å². The van der Waals surface area contributed by atoms with Gasteiger partial charge in [0.15, 0.2) is 0 Å². The van der Waals surface area contributed by atoms with Crippen LogP contribution in [0.15, 0.2) is 59.7 Å². The third kappa shape index (κ3) is 6.70. The quantitative estimate of drug-likeness (QED) is 0.508. The Balaban J connectivity index is 1.97. The number of ether oxygens (including phenoxy) is 1. The Morgan fingerprint density at radius 1 is 1.32 bits per heavy atom. The molecule has 0 bridgehead atoms. The number of amidine groups is 1. The number of amides is 1. The van der Waals surface area contributed by atoms with Gasteiger partial charge in [-0.3, -0.25) is 4.79 Å². The number of nitrogens with zero attached hydrogens (tertiary/aromatic N) is 1. The van der Waals surface area contributed by atoms with Crippen molar-refractivity contribution in [2.75, 3.05) is 6.61 Å². The molecule has 0 fully saturated rings. The molecule has 0 radical (unpaired) electrons. The zero-order valence-corrected chi connectivity index (χ0v) is 16.5. The molecule has 0 saturated heterocycles. The third-order valence-electron chi connectivity index (χ3n) is 3.59. The molecule has 0 unspecified atom stereocenters. The number of benzene rings is 2. The molecule has 3 N–H and O–H groups in total. The summed E-state index contributed by atoms with van der Waals surface area (Å²) in [6.07, 6.45) is 2.98. The van der Waals surface area contributed by atoms with Crippen LogP contribution in [0.25, 0.3) is 0 Å². The van der Waals surface area contributed by atoms with E-state index in [0.717, 1.165) is 11.3 Å². The second kappa shape index (κ2) is 10.5. The van der Waals surface area contributed by atoms with Crippen molar-refractivity contribution in [1.29, 1.82) is 0 Å². The van der Waals surface area contributed by atoms with Gasteiger partial charge in [-0.1, -0.05) is 37.6 Å². The number of nitrogens with two attached hydrogens (primary N) is 1. The second-order valence-corrected chi connectivity index (χ2v) is 6.93. The van der Waals surface area contributed by atoms with Crippen molar-refractivity contribution in [2.24, 2.45) is 16.6 Å². The van der Waals surface area contributed by atoms with E-state index in [4.69, 9.17) is 22.1 Å². The summed E-state index contributed by atoms with van der Waals surface area (Å²) < 4.78 is 19.4. The van der Waals surface area contributed by atoms with Crippen molar-refractivity contribution in [3.8, 4) is 5.75 Å². The van der Waals surface area contributed by atoms with Gasteiger partial charge in [0.2, 0.25) is 0 Å². The summed E-state index contributed by atoms with van der Waals surface area (Å²) in [5.41, 5.74) is 6.47. The lowest BCUT2D eigenvalue weighted by molar-refractivity contribution is 0.0999. The predicted molar refractivity (Wildman–Crippen MR) is 110 cm³/mol. The fourth-order valence-corrected chi connectivity index (χ4v) is 2.44. The molecule has 2 rings (SSSR count). The third-order valence-corrected chi connectivity index (χ3v) is 3.83. The Bertz CT molecular complexity index is 882. The topological polar surface area (TPSA) is 76.7 Å². The minimum atomic E-state index is -0.737. The minimum absolute atomic E-state index is 0.0388. The fourth-order valence-electron chi connectivity index (χ4n) is 2.25. The first-order chi connectivity index (χ1) is 13.4. The lowest BCUT2D eigenvalue weighted by Crippen LogP contribution is -2.14. The average Bonchev–Trinajstić information content (AvgIpc) is 2.64. The van der Waals surface area contributed by atoms with Crippen molar-refractivity contribution < 1.29 is 13.9 Å². The van der Waals surface area contributed by atoms with Crippen LogP contribution in [0.2, 0.25) is 5.02 Å². The molecule has 0 atom stereocenters. The first-order valence-corrected chi connectivity index (χ1v) is 9.18. The van der Waals surface area contributed by atoms with E-state index in [1.807, 2.05) is 12.1 Å². The van der Waals surface area contributed by atoms with Crippen molar-refractivity contribution in [2.45, 2.75) is 20.4 Å². The van der Waals surface area contributed by atoms with Crippen LogP contribution in [-0.4, -0.2) is 18.3 Å². The molecule has 2 aromatic carbocycles. The molecule has 0 aliphatic heterocycles.